The van der Waals surface area contributed by atoms with Gasteiger partial charge in [0.2, 0.25) is 5.91 Å². The second-order valence-electron chi connectivity index (χ2n) is 5.04. The maximum Gasteiger partial charge on any atom is 0.220 e. The number of nitrogens with one attached hydrogen (secondary N) is 1. The van der Waals surface area contributed by atoms with Gasteiger partial charge in [-0.2, -0.15) is 0 Å². The molecule has 0 saturated carbocycles. The molecule has 1 atom stereocenters. The van der Waals surface area contributed by atoms with Crippen LogP contribution in [-0.2, 0) is 16.0 Å². The summed E-state index contributed by atoms with van der Waals surface area (Å²) in [7, 11) is 2.08. The molecule has 0 spiro atoms. The van der Waals surface area contributed by atoms with Crippen molar-refractivity contribution in [1.82, 2.24) is 10.2 Å². The minimum Gasteiger partial charge on any atom is -0.374 e. The second kappa shape index (κ2) is 7.26. The number of rotatable bonds is 5. The Labute approximate surface area is 114 Å². The van der Waals surface area contributed by atoms with Crippen molar-refractivity contribution in [3.05, 3.63) is 35.9 Å². The molecular formula is C15H22N2O2. The zero-order valence-electron chi connectivity index (χ0n) is 11.5. The molecule has 1 aromatic carbocycles. The number of nitrogens with zero attached hydrogens (tertiary/aromatic N) is 1. The molecule has 1 heterocycles. The Morgan fingerprint density at radius 3 is 2.95 bits per heavy atom. The first kappa shape index (κ1) is 14.0. The Hall–Kier alpha value is -1.39. The predicted octanol–water partition coefficient (Wildman–Crippen LogP) is 1.07. The number of carbonyl (C=O) groups is 1. The average Bonchev–Trinajstić information content (AvgIpc) is 2.44. The molecule has 104 valence electrons. The lowest BCUT2D eigenvalue weighted by molar-refractivity contribution is -0.122. The molecule has 4 heteroatoms. The van der Waals surface area contributed by atoms with Crippen LogP contribution < -0.4 is 5.32 Å². The lowest BCUT2D eigenvalue weighted by Gasteiger charge is -2.30. The Balaban J connectivity index is 1.64. The topological polar surface area (TPSA) is 41.6 Å². The number of hydrogen-bond donors (Lipinski definition) is 1. The maximum atomic E-state index is 11.8. The van der Waals surface area contributed by atoms with Gasteiger partial charge >= 0.3 is 0 Å². The van der Waals surface area contributed by atoms with E-state index in [1.165, 1.54) is 5.56 Å². The fraction of sp³-hybridized carbons (Fsp3) is 0.533. The van der Waals surface area contributed by atoms with Crippen LogP contribution in [0.4, 0.5) is 0 Å². The van der Waals surface area contributed by atoms with Crippen molar-refractivity contribution in [3.63, 3.8) is 0 Å². The molecule has 0 bridgehead atoms. The Morgan fingerprint density at radius 1 is 1.42 bits per heavy atom. The molecular weight excluding hydrogens is 240 g/mol. The summed E-state index contributed by atoms with van der Waals surface area (Å²) in [6.07, 6.45) is 1.45. The molecule has 2 rings (SSSR count). The number of carbonyl (C=O) groups excluding carboxylic acids is 1. The van der Waals surface area contributed by atoms with E-state index in [0.29, 0.717) is 13.0 Å². The van der Waals surface area contributed by atoms with Crippen molar-refractivity contribution in [1.29, 1.82) is 0 Å². The van der Waals surface area contributed by atoms with E-state index >= 15 is 0 Å². The SMILES string of the molecule is CN1CCOC(CNC(=O)CCc2ccccc2)C1. The minimum atomic E-state index is 0.0979. The Bertz CT molecular complexity index is 394. The van der Waals surface area contributed by atoms with Gasteiger partial charge in [0.25, 0.3) is 0 Å². The van der Waals surface area contributed by atoms with E-state index in [1.54, 1.807) is 0 Å². The third kappa shape index (κ3) is 5.01. The summed E-state index contributed by atoms with van der Waals surface area (Å²) in [4.78, 5) is 14.0. The smallest absolute Gasteiger partial charge is 0.220 e. The minimum absolute atomic E-state index is 0.0979. The van der Waals surface area contributed by atoms with Crippen LogP contribution in [-0.4, -0.2) is 50.2 Å². The number of aryl methyl sites for hydroxylation is 1. The van der Waals surface area contributed by atoms with Gasteiger partial charge in [0.05, 0.1) is 12.7 Å². The Morgan fingerprint density at radius 2 is 2.21 bits per heavy atom. The van der Waals surface area contributed by atoms with Crippen LogP contribution in [0.15, 0.2) is 30.3 Å². The highest BCUT2D eigenvalue weighted by atomic mass is 16.5. The van der Waals surface area contributed by atoms with E-state index < -0.39 is 0 Å². The average molecular weight is 262 g/mol. The fourth-order valence-corrected chi connectivity index (χ4v) is 2.21. The third-order valence-electron chi connectivity index (χ3n) is 3.35. The lowest BCUT2D eigenvalue weighted by Crippen LogP contribution is -2.45. The van der Waals surface area contributed by atoms with Crippen LogP contribution in [0.25, 0.3) is 0 Å². The first-order valence-electron chi connectivity index (χ1n) is 6.85. The third-order valence-corrected chi connectivity index (χ3v) is 3.35. The largest absolute Gasteiger partial charge is 0.374 e. The second-order valence-corrected chi connectivity index (χ2v) is 5.04. The molecule has 1 amide bonds. The van der Waals surface area contributed by atoms with E-state index in [-0.39, 0.29) is 12.0 Å². The fourth-order valence-electron chi connectivity index (χ4n) is 2.21. The van der Waals surface area contributed by atoms with Crippen molar-refractivity contribution in [3.8, 4) is 0 Å². The van der Waals surface area contributed by atoms with Gasteiger partial charge in [0.1, 0.15) is 0 Å². The quantitative estimate of drug-likeness (QED) is 0.863. The van der Waals surface area contributed by atoms with Gasteiger partial charge in [-0.1, -0.05) is 30.3 Å². The summed E-state index contributed by atoms with van der Waals surface area (Å²) in [6.45, 7) is 3.22. The maximum absolute atomic E-state index is 11.8. The van der Waals surface area contributed by atoms with Crippen molar-refractivity contribution in [2.75, 3.05) is 33.3 Å². The summed E-state index contributed by atoms with van der Waals surface area (Å²) in [5.74, 6) is 0.0979. The molecule has 1 aliphatic heterocycles. The molecule has 0 aliphatic carbocycles. The van der Waals surface area contributed by atoms with Gasteiger partial charge in [-0.3, -0.25) is 4.79 Å². The van der Waals surface area contributed by atoms with Gasteiger partial charge in [-0.15, -0.1) is 0 Å². The number of likely N-dealkylation sites (N-methyl/N-ethyl adjacent to an activating group) is 1. The first-order valence-corrected chi connectivity index (χ1v) is 6.85. The normalized spacial score (nSPS) is 20.2. The van der Waals surface area contributed by atoms with Crippen LogP contribution in [0, 0.1) is 0 Å². The van der Waals surface area contributed by atoms with Crippen LogP contribution in [0.3, 0.4) is 0 Å². The summed E-state index contributed by atoms with van der Waals surface area (Å²) in [6, 6.07) is 10.1. The molecule has 1 unspecified atom stereocenters. The van der Waals surface area contributed by atoms with Crippen molar-refractivity contribution >= 4 is 5.91 Å². The van der Waals surface area contributed by atoms with Crippen molar-refractivity contribution < 1.29 is 9.53 Å². The molecule has 4 nitrogen and oxygen atoms in total. The number of hydrogen-bond acceptors (Lipinski definition) is 3. The zero-order valence-corrected chi connectivity index (χ0v) is 11.5. The molecule has 0 aromatic heterocycles. The molecule has 0 radical (unpaired) electrons. The van der Waals surface area contributed by atoms with Crippen LogP contribution >= 0.6 is 0 Å². The highest BCUT2D eigenvalue weighted by molar-refractivity contribution is 5.76. The number of amides is 1. The summed E-state index contributed by atoms with van der Waals surface area (Å²) >= 11 is 0. The predicted molar refractivity (Wildman–Crippen MR) is 75.0 cm³/mol. The van der Waals surface area contributed by atoms with E-state index in [2.05, 4.69) is 17.3 Å². The number of benzene rings is 1. The standard InChI is InChI=1S/C15H22N2O2/c1-17-9-10-19-14(12-17)11-16-15(18)8-7-13-5-3-2-4-6-13/h2-6,14H,7-12H2,1H3,(H,16,18). The molecule has 1 N–H and O–H groups in total. The van der Waals surface area contributed by atoms with E-state index in [0.717, 1.165) is 26.1 Å². The molecule has 1 saturated heterocycles. The van der Waals surface area contributed by atoms with E-state index in [4.69, 9.17) is 4.74 Å². The first-order chi connectivity index (χ1) is 9.24. The van der Waals surface area contributed by atoms with Crippen LogP contribution in [0.2, 0.25) is 0 Å². The summed E-state index contributed by atoms with van der Waals surface area (Å²) in [5.41, 5.74) is 1.20. The number of ether oxygens (including phenoxy) is 1. The van der Waals surface area contributed by atoms with Gasteiger partial charge in [0, 0.05) is 26.1 Å². The molecule has 1 fully saturated rings. The van der Waals surface area contributed by atoms with Gasteiger partial charge < -0.3 is 15.0 Å². The van der Waals surface area contributed by atoms with E-state index in [9.17, 15) is 4.79 Å². The molecule has 1 aliphatic rings. The highest BCUT2D eigenvalue weighted by Crippen LogP contribution is 2.03. The molecule has 19 heavy (non-hydrogen) atoms. The van der Waals surface area contributed by atoms with Crippen LogP contribution in [0.1, 0.15) is 12.0 Å². The van der Waals surface area contributed by atoms with Crippen LogP contribution in [0.5, 0.6) is 0 Å². The van der Waals surface area contributed by atoms with Gasteiger partial charge in [-0.25, -0.2) is 0 Å². The van der Waals surface area contributed by atoms with Gasteiger partial charge in [-0.05, 0) is 19.0 Å². The monoisotopic (exact) mass is 262 g/mol. The van der Waals surface area contributed by atoms with Crippen molar-refractivity contribution in [2.24, 2.45) is 0 Å². The highest BCUT2D eigenvalue weighted by Gasteiger charge is 2.17. The van der Waals surface area contributed by atoms with Gasteiger partial charge in [0.15, 0.2) is 0 Å². The zero-order chi connectivity index (χ0) is 13.5. The lowest BCUT2D eigenvalue weighted by atomic mass is 10.1. The van der Waals surface area contributed by atoms with E-state index in [1.807, 2.05) is 30.3 Å². The van der Waals surface area contributed by atoms with Crippen molar-refractivity contribution in [2.45, 2.75) is 18.9 Å². The Kier molecular flexibility index (Phi) is 5.36. The molecule has 1 aromatic rings. The summed E-state index contributed by atoms with van der Waals surface area (Å²) in [5, 5.41) is 2.95. The number of morpholine rings is 1. The summed E-state index contributed by atoms with van der Waals surface area (Å²) < 4.78 is 5.61.